The minimum atomic E-state index is 0.739. The Balaban J connectivity index is 1.98. The number of hydrogen-bond donors (Lipinski definition) is 0. The number of hydrogen-bond acceptors (Lipinski definition) is 3. The summed E-state index contributed by atoms with van der Waals surface area (Å²) in [5.41, 5.74) is 7.01. The third-order valence-electron chi connectivity index (χ3n) is 5.13. The number of aryl methyl sites for hydroxylation is 4. The van der Waals surface area contributed by atoms with Gasteiger partial charge in [-0.1, -0.05) is 24.6 Å². The molecule has 1 unspecified atom stereocenters. The number of ether oxygens (including phenoxy) is 1. The molecule has 25 heavy (non-hydrogen) atoms. The van der Waals surface area contributed by atoms with Crippen LogP contribution in [-0.4, -0.2) is 18.1 Å². The van der Waals surface area contributed by atoms with Gasteiger partial charge in [-0.05, 0) is 70.6 Å². The van der Waals surface area contributed by atoms with E-state index in [0.29, 0.717) is 0 Å². The second-order valence-corrected chi connectivity index (χ2v) is 7.74. The summed E-state index contributed by atoms with van der Waals surface area (Å²) in [4.78, 5) is 7.20. The molecule has 0 spiro atoms. The van der Waals surface area contributed by atoms with Gasteiger partial charge in [0.1, 0.15) is 5.75 Å². The van der Waals surface area contributed by atoms with Gasteiger partial charge < -0.3 is 9.64 Å². The number of aromatic nitrogens is 1. The van der Waals surface area contributed by atoms with Gasteiger partial charge in [-0.25, -0.2) is 4.98 Å². The predicted octanol–water partition coefficient (Wildman–Crippen LogP) is 5.65. The van der Waals surface area contributed by atoms with Crippen LogP contribution in [0.3, 0.4) is 0 Å². The molecule has 1 aromatic heterocycles. The van der Waals surface area contributed by atoms with Crippen molar-refractivity contribution in [2.45, 2.75) is 54.4 Å². The van der Waals surface area contributed by atoms with Crippen molar-refractivity contribution >= 4 is 5.69 Å². The first-order valence-electron chi connectivity index (χ1n) is 9.34. The SMILES string of the molecule is Cc1cc(C)c(Oc2nc(C)cc(N3CCCC(C)C3)c2C)c(C)c1. The maximum Gasteiger partial charge on any atom is 0.224 e. The van der Waals surface area contributed by atoms with Crippen molar-refractivity contribution < 1.29 is 4.74 Å². The molecule has 3 rings (SSSR count). The summed E-state index contributed by atoms with van der Waals surface area (Å²) in [6, 6.07) is 6.54. The standard InChI is InChI=1S/C22H30N2O/c1-14-8-7-9-24(13-14)20-12-18(5)23-22(19(20)6)25-21-16(3)10-15(2)11-17(21)4/h10-12,14H,7-9,13H2,1-6H3. The van der Waals surface area contributed by atoms with Crippen molar-refractivity contribution in [2.24, 2.45) is 5.92 Å². The molecule has 1 aliphatic heterocycles. The minimum absolute atomic E-state index is 0.739. The molecule has 0 N–H and O–H groups in total. The highest BCUT2D eigenvalue weighted by atomic mass is 16.5. The molecule has 0 saturated carbocycles. The zero-order chi connectivity index (χ0) is 18.1. The van der Waals surface area contributed by atoms with Crippen molar-refractivity contribution in [3.05, 3.63) is 46.1 Å². The van der Waals surface area contributed by atoms with Gasteiger partial charge in [0.2, 0.25) is 5.88 Å². The zero-order valence-electron chi connectivity index (χ0n) is 16.4. The lowest BCUT2D eigenvalue weighted by atomic mass is 9.99. The van der Waals surface area contributed by atoms with E-state index in [4.69, 9.17) is 9.72 Å². The van der Waals surface area contributed by atoms with Crippen molar-refractivity contribution in [1.82, 2.24) is 4.98 Å². The molecule has 0 aliphatic carbocycles. The van der Waals surface area contributed by atoms with Gasteiger partial charge in [-0.3, -0.25) is 0 Å². The summed E-state index contributed by atoms with van der Waals surface area (Å²) in [5, 5.41) is 0. The number of pyridine rings is 1. The Bertz CT molecular complexity index is 759. The minimum Gasteiger partial charge on any atom is -0.438 e. The molecule has 2 heterocycles. The van der Waals surface area contributed by atoms with E-state index in [2.05, 4.69) is 64.6 Å². The topological polar surface area (TPSA) is 25.4 Å². The smallest absolute Gasteiger partial charge is 0.224 e. The Kier molecular flexibility index (Phi) is 5.03. The largest absolute Gasteiger partial charge is 0.438 e. The van der Waals surface area contributed by atoms with Crippen LogP contribution in [0.2, 0.25) is 0 Å². The zero-order valence-corrected chi connectivity index (χ0v) is 16.4. The Morgan fingerprint density at radius 2 is 1.72 bits per heavy atom. The maximum absolute atomic E-state index is 6.33. The van der Waals surface area contributed by atoms with Crippen LogP contribution in [0, 0.1) is 40.5 Å². The van der Waals surface area contributed by atoms with Crippen LogP contribution in [0.1, 0.15) is 47.7 Å². The molecule has 1 atom stereocenters. The Morgan fingerprint density at radius 3 is 2.36 bits per heavy atom. The average Bonchev–Trinajstić information content (AvgIpc) is 2.53. The average molecular weight is 338 g/mol. The first-order chi connectivity index (χ1) is 11.8. The number of piperidine rings is 1. The van der Waals surface area contributed by atoms with Gasteiger partial charge in [0, 0.05) is 30.0 Å². The molecule has 1 saturated heterocycles. The van der Waals surface area contributed by atoms with Crippen LogP contribution in [-0.2, 0) is 0 Å². The monoisotopic (exact) mass is 338 g/mol. The Labute approximate surface area is 152 Å². The second kappa shape index (κ2) is 7.07. The summed E-state index contributed by atoms with van der Waals surface area (Å²) in [5.74, 6) is 2.42. The van der Waals surface area contributed by atoms with Gasteiger partial charge in [0.25, 0.3) is 0 Å². The summed E-state index contributed by atoms with van der Waals surface area (Å²) in [6.45, 7) is 15.1. The number of benzene rings is 1. The van der Waals surface area contributed by atoms with Crippen LogP contribution in [0.4, 0.5) is 5.69 Å². The maximum atomic E-state index is 6.33. The van der Waals surface area contributed by atoms with E-state index in [1.807, 2.05) is 0 Å². The molecule has 1 fully saturated rings. The summed E-state index contributed by atoms with van der Waals surface area (Å²) in [6.07, 6.45) is 2.58. The molecule has 1 aromatic carbocycles. The van der Waals surface area contributed by atoms with Crippen LogP contribution < -0.4 is 9.64 Å². The van der Waals surface area contributed by atoms with Gasteiger partial charge in [0.05, 0.1) is 0 Å². The molecular weight excluding hydrogens is 308 g/mol. The normalized spacial score (nSPS) is 17.7. The van der Waals surface area contributed by atoms with E-state index in [-0.39, 0.29) is 0 Å². The van der Waals surface area contributed by atoms with Crippen molar-refractivity contribution in [3.8, 4) is 11.6 Å². The van der Waals surface area contributed by atoms with Crippen LogP contribution in [0.25, 0.3) is 0 Å². The van der Waals surface area contributed by atoms with Crippen LogP contribution >= 0.6 is 0 Å². The van der Waals surface area contributed by atoms with E-state index in [9.17, 15) is 0 Å². The molecule has 3 heteroatoms. The lowest BCUT2D eigenvalue weighted by Gasteiger charge is -2.34. The molecular formula is C22H30N2O. The van der Waals surface area contributed by atoms with E-state index in [1.54, 1.807) is 0 Å². The van der Waals surface area contributed by atoms with E-state index < -0.39 is 0 Å². The van der Waals surface area contributed by atoms with Gasteiger partial charge in [-0.15, -0.1) is 0 Å². The molecule has 0 radical (unpaired) electrons. The predicted molar refractivity (Wildman–Crippen MR) is 105 cm³/mol. The number of nitrogens with zero attached hydrogens (tertiary/aromatic N) is 2. The molecule has 3 nitrogen and oxygen atoms in total. The van der Waals surface area contributed by atoms with Gasteiger partial charge in [0.15, 0.2) is 0 Å². The fourth-order valence-corrected chi connectivity index (χ4v) is 3.95. The highest BCUT2D eigenvalue weighted by Gasteiger charge is 2.21. The van der Waals surface area contributed by atoms with Gasteiger partial charge in [-0.2, -0.15) is 0 Å². The third-order valence-corrected chi connectivity index (χ3v) is 5.13. The van der Waals surface area contributed by atoms with Crippen LogP contribution in [0.5, 0.6) is 11.6 Å². The quantitative estimate of drug-likeness (QED) is 0.723. The Morgan fingerprint density at radius 1 is 1.04 bits per heavy atom. The number of anilines is 1. The summed E-state index contributed by atoms with van der Waals surface area (Å²) in [7, 11) is 0. The van der Waals surface area contributed by atoms with Crippen molar-refractivity contribution in [3.63, 3.8) is 0 Å². The van der Waals surface area contributed by atoms with Crippen LogP contribution in [0.15, 0.2) is 18.2 Å². The third kappa shape index (κ3) is 3.81. The first-order valence-corrected chi connectivity index (χ1v) is 9.34. The van der Waals surface area contributed by atoms with Gasteiger partial charge >= 0.3 is 0 Å². The fraction of sp³-hybridized carbons (Fsp3) is 0.500. The number of rotatable bonds is 3. The lowest BCUT2D eigenvalue weighted by Crippen LogP contribution is -2.34. The fourth-order valence-electron chi connectivity index (χ4n) is 3.95. The second-order valence-electron chi connectivity index (χ2n) is 7.74. The lowest BCUT2D eigenvalue weighted by molar-refractivity contribution is 0.438. The van der Waals surface area contributed by atoms with E-state index >= 15 is 0 Å². The van der Waals surface area contributed by atoms with Crippen molar-refractivity contribution in [2.75, 3.05) is 18.0 Å². The molecule has 134 valence electrons. The molecule has 0 amide bonds. The highest BCUT2D eigenvalue weighted by Crippen LogP contribution is 2.35. The molecule has 2 aromatic rings. The van der Waals surface area contributed by atoms with Crippen molar-refractivity contribution in [1.29, 1.82) is 0 Å². The highest BCUT2D eigenvalue weighted by molar-refractivity contribution is 5.59. The molecule has 1 aliphatic rings. The van der Waals surface area contributed by atoms with E-state index in [1.165, 1.54) is 24.1 Å². The van der Waals surface area contributed by atoms with E-state index in [0.717, 1.165) is 53.0 Å². The first kappa shape index (κ1) is 17.8. The summed E-state index contributed by atoms with van der Waals surface area (Å²) >= 11 is 0. The molecule has 0 bridgehead atoms. The summed E-state index contributed by atoms with van der Waals surface area (Å²) < 4.78 is 6.33. The Hall–Kier alpha value is -2.03.